The third-order valence-electron chi connectivity index (χ3n) is 4.19. The van der Waals surface area contributed by atoms with Gasteiger partial charge in [-0.25, -0.2) is 14.1 Å². The number of nitrogens with zero attached hydrogens (tertiary/aromatic N) is 2. The van der Waals surface area contributed by atoms with Gasteiger partial charge in [0.05, 0.1) is 31.2 Å². The number of aromatic nitrogens is 2. The van der Waals surface area contributed by atoms with Crippen molar-refractivity contribution in [3.05, 3.63) is 69.9 Å². The molecule has 0 unspecified atom stereocenters. The van der Waals surface area contributed by atoms with Gasteiger partial charge in [0.25, 0.3) is 5.56 Å². The molecule has 3 aromatic rings. The highest BCUT2D eigenvalue weighted by Gasteiger charge is 2.16. The summed E-state index contributed by atoms with van der Waals surface area (Å²) >= 11 is 0. The second-order valence-corrected chi connectivity index (χ2v) is 5.96. The van der Waals surface area contributed by atoms with Gasteiger partial charge in [-0.3, -0.25) is 9.89 Å². The quantitative estimate of drug-likeness (QED) is 0.696. The van der Waals surface area contributed by atoms with Gasteiger partial charge in [-0.1, -0.05) is 0 Å². The van der Waals surface area contributed by atoms with Crippen LogP contribution in [0.5, 0.6) is 11.5 Å². The summed E-state index contributed by atoms with van der Waals surface area (Å²) in [4.78, 5) is 17.5. The van der Waals surface area contributed by atoms with E-state index in [1.807, 2.05) is 0 Å². The number of H-pyrrole nitrogens is 1. The fourth-order valence-corrected chi connectivity index (χ4v) is 2.87. The van der Waals surface area contributed by atoms with Crippen molar-refractivity contribution in [2.75, 3.05) is 14.2 Å². The van der Waals surface area contributed by atoms with Gasteiger partial charge in [0.1, 0.15) is 23.0 Å². The lowest BCUT2D eigenvalue weighted by molar-refractivity contribution is 0.404. The summed E-state index contributed by atoms with van der Waals surface area (Å²) in [7, 11) is 3.12. The molecule has 0 aliphatic heterocycles. The van der Waals surface area contributed by atoms with Crippen molar-refractivity contribution in [2.24, 2.45) is 4.99 Å². The Kier molecular flexibility index (Phi) is 5.12. The molecule has 1 aromatic heterocycles. The first-order valence-electron chi connectivity index (χ1n) is 8.30. The van der Waals surface area contributed by atoms with Crippen LogP contribution in [0.3, 0.4) is 0 Å². The van der Waals surface area contributed by atoms with Gasteiger partial charge in [-0.2, -0.15) is 0 Å². The van der Waals surface area contributed by atoms with Crippen molar-refractivity contribution >= 4 is 11.4 Å². The molecule has 0 fully saturated rings. The van der Waals surface area contributed by atoms with Crippen LogP contribution in [0.2, 0.25) is 0 Å². The molecule has 0 spiro atoms. The lowest BCUT2D eigenvalue weighted by Gasteiger charge is -2.07. The molecule has 0 saturated carbocycles. The Morgan fingerprint density at radius 1 is 1.11 bits per heavy atom. The summed E-state index contributed by atoms with van der Waals surface area (Å²) < 4.78 is 25.1. The number of methoxy groups -OCH3 is 2. The van der Waals surface area contributed by atoms with E-state index in [0.717, 1.165) is 0 Å². The van der Waals surface area contributed by atoms with Crippen molar-refractivity contribution in [2.45, 2.75) is 13.8 Å². The lowest BCUT2D eigenvalue weighted by atomic mass is 10.1. The Bertz CT molecular complexity index is 1050. The van der Waals surface area contributed by atoms with Crippen LogP contribution in [0, 0.1) is 12.7 Å². The summed E-state index contributed by atoms with van der Waals surface area (Å²) in [6.45, 7) is 3.55. The topological polar surface area (TPSA) is 68.6 Å². The number of aryl methyl sites for hydroxylation is 1. The molecule has 0 radical (unpaired) electrons. The van der Waals surface area contributed by atoms with Gasteiger partial charge in [0.2, 0.25) is 0 Å². The van der Waals surface area contributed by atoms with E-state index in [-0.39, 0.29) is 11.4 Å². The lowest BCUT2D eigenvalue weighted by Crippen LogP contribution is -2.19. The summed E-state index contributed by atoms with van der Waals surface area (Å²) in [5, 5.41) is 3.01. The number of benzene rings is 2. The Labute approximate surface area is 155 Å². The highest BCUT2D eigenvalue weighted by atomic mass is 19.1. The number of aliphatic imine (C=N–C) groups is 1. The Morgan fingerprint density at radius 2 is 1.81 bits per heavy atom. The zero-order valence-corrected chi connectivity index (χ0v) is 15.5. The van der Waals surface area contributed by atoms with E-state index in [2.05, 4.69) is 10.1 Å². The number of ether oxygens (including phenoxy) is 2. The van der Waals surface area contributed by atoms with Gasteiger partial charge >= 0.3 is 0 Å². The second kappa shape index (κ2) is 7.49. The number of hydrogen-bond acceptors (Lipinski definition) is 4. The Morgan fingerprint density at radius 3 is 2.44 bits per heavy atom. The van der Waals surface area contributed by atoms with Crippen molar-refractivity contribution in [3.63, 3.8) is 0 Å². The standard InChI is InChI=1S/C20H20FN3O3/c1-12(22-17-11-16(26-3)9-10-18(17)27-4)19-13(2)23-24(20(19)25)15-7-5-14(21)6-8-15/h5-11,23H,1-4H3. The average Bonchev–Trinajstić information content (AvgIpc) is 2.96. The first-order chi connectivity index (χ1) is 12.9. The minimum atomic E-state index is -0.363. The smallest absolute Gasteiger partial charge is 0.280 e. The van der Waals surface area contributed by atoms with Gasteiger partial charge in [0, 0.05) is 11.8 Å². The summed E-state index contributed by atoms with van der Waals surface area (Å²) in [6.07, 6.45) is 0. The summed E-state index contributed by atoms with van der Waals surface area (Å²) in [5.41, 5.74) is 2.48. The van der Waals surface area contributed by atoms with E-state index >= 15 is 0 Å². The largest absolute Gasteiger partial charge is 0.497 e. The predicted octanol–water partition coefficient (Wildman–Crippen LogP) is 3.77. The predicted molar refractivity (Wildman–Crippen MR) is 103 cm³/mol. The second-order valence-electron chi connectivity index (χ2n) is 5.96. The number of halogens is 1. The van der Waals surface area contributed by atoms with Crippen LogP contribution in [0.4, 0.5) is 10.1 Å². The molecule has 3 rings (SSSR count). The maximum Gasteiger partial charge on any atom is 0.280 e. The highest BCUT2D eigenvalue weighted by molar-refractivity contribution is 6.01. The number of nitrogens with one attached hydrogen (secondary N) is 1. The molecule has 6 nitrogen and oxygen atoms in total. The molecule has 0 aliphatic carbocycles. The number of hydrogen-bond donors (Lipinski definition) is 1. The fourth-order valence-electron chi connectivity index (χ4n) is 2.87. The first kappa shape index (κ1) is 18.4. The molecule has 0 saturated heterocycles. The molecule has 0 amide bonds. The normalized spacial score (nSPS) is 11.5. The maximum absolute atomic E-state index is 13.2. The minimum absolute atomic E-state index is 0.262. The van der Waals surface area contributed by atoms with Crippen molar-refractivity contribution in [3.8, 4) is 17.2 Å². The van der Waals surface area contributed by atoms with Crippen LogP contribution in [-0.2, 0) is 0 Å². The monoisotopic (exact) mass is 369 g/mol. The van der Waals surface area contributed by atoms with Crippen LogP contribution in [0.1, 0.15) is 18.2 Å². The van der Waals surface area contributed by atoms with Crippen LogP contribution in [-0.4, -0.2) is 29.7 Å². The zero-order chi connectivity index (χ0) is 19.6. The Hall–Kier alpha value is -3.35. The molecule has 1 N–H and O–H groups in total. The molecule has 140 valence electrons. The molecule has 2 aromatic carbocycles. The third kappa shape index (κ3) is 3.62. The zero-order valence-electron chi connectivity index (χ0n) is 15.5. The van der Waals surface area contributed by atoms with E-state index < -0.39 is 0 Å². The fraction of sp³-hybridized carbons (Fsp3) is 0.200. The van der Waals surface area contributed by atoms with Gasteiger partial charge in [-0.15, -0.1) is 0 Å². The van der Waals surface area contributed by atoms with Gasteiger partial charge in [-0.05, 0) is 50.2 Å². The van der Waals surface area contributed by atoms with Crippen molar-refractivity contribution in [1.29, 1.82) is 0 Å². The molecule has 27 heavy (non-hydrogen) atoms. The number of rotatable bonds is 5. The van der Waals surface area contributed by atoms with E-state index in [9.17, 15) is 9.18 Å². The average molecular weight is 369 g/mol. The summed E-state index contributed by atoms with van der Waals surface area (Å²) in [5.74, 6) is 0.845. The summed E-state index contributed by atoms with van der Waals surface area (Å²) in [6, 6.07) is 11.0. The molecule has 0 atom stereocenters. The van der Waals surface area contributed by atoms with Crippen molar-refractivity contribution < 1.29 is 13.9 Å². The van der Waals surface area contributed by atoms with Crippen LogP contribution >= 0.6 is 0 Å². The van der Waals surface area contributed by atoms with Crippen LogP contribution in [0.15, 0.2) is 52.3 Å². The first-order valence-corrected chi connectivity index (χ1v) is 8.30. The van der Waals surface area contributed by atoms with E-state index in [0.29, 0.717) is 39.8 Å². The molecule has 1 heterocycles. The third-order valence-corrected chi connectivity index (χ3v) is 4.19. The molecular formula is C20H20FN3O3. The van der Waals surface area contributed by atoms with Crippen LogP contribution < -0.4 is 15.0 Å². The van der Waals surface area contributed by atoms with Gasteiger partial charge in [0.15, 0.2) is 0 Å². The van der Waals surface area contributed by atoms with E-state index in [1.54, 1.807) is 46.3 Å². The molecule has 0 bridgehead atoms. The van der Waals surface area contributed by atoms with Crippen LogP contribution in [0.25, 0.3) is 5.69 Å². The highest BCUT2D eigenvalue weighted by Crippen LogP contribution is 2.32. The maximum atomic E-state index is 13.2. The van der Waals surface area contributed by atoms with E-state index in [1.165, 1.54) is 28.9 Å². The molecule has 0 aliphatic rings. The van der Waals surface area contributed by atoms with E-state index in [4.69, 9.17) is 9.47 Å². The SMILES string of the molecule is COc1ccc(OC)c(N=C(C)c2c(C)[nH]n(-c3ccc(F)cc3)c2=O)c1. The minimum Gasteiger partial charge on any atom is -0.497 e. The Balaban J connectivity index is 2.08. The number of aromatic amines is 1. The molecular weight excluding hydrogens is 349 g/mol. The van der Waals surface area contributed by atoms with Crippen molar-refractivity contribution in [1.82, 2.24) is 9.78 Å². The molecule has 7 heteroatoms. The van der Waals surface area contributed by atoms with Gasteiger partial charge < -0.3 is 9.47 Å².